The van der Waals surface area contributed by atoms with Crippen LogP contribution in [0.2, 0.25) is 0 Å². The van der Waals surface area contributed by atoms with Crippen molar-refractivity contribution in [3.63, 3.8) is 0 Å². The van der Waals surface area contributed by atoms with Gasteiger partial charge in [0.15, 0.2) is 5.69 Å². The Hall–Kier alpha value is -2.50. The molecule has 2 aromatic rings. The molecular weight excluding hydrogens is 250 g/mol. The van der Waals surface area contributed by atoms with Crippen molar-refractivity contribution in [2.24, 2.45) is 0 Å². The van der Waals surface area contributed by atoms with Gasteiger partial charge in [-0.3, -0.25) is 0 Å². The average molecular weight is 263 g/mol. The standard InChI is InChI=1S/C13H13NO5/c1-8-11(12(15)16)14(19-13(8)17)7-9-5-3-4-6-10(9)18-2/h3-6H,7H2,1-2H3,(H,15,16). The average Bonchev–Trinajstić information content (AvgIpc) is 2.65. The van der Waals surface area contributed by atoms with Crippen molar-refractivity contribution in [3.05, 3.63) is 51.5 Å². The van der Waals surface area contributed by atoms with Gasteiger partial charge in [0, 0.05) is 5.56 Å². The number of rotatable bonds is 4. The predicted molar refractivity (Wildman–Crippen MR) is 66.8 cm³/mol. The zero-order valence-electron chi connectivity index (χ0n) is 10.5. The topological polar surface area (TPSA) is 81.7 Å². The molecule has 1 aromatic carbocycles. The number of nitrogens with zero attached hydrogens (tertiary/aromatic N) is 1. The molecule has 19 heavy (non-hydrogen) atoms. The fourth-order valence-corrected chi connectivity index (χ4v) is 1.86. The van der Waals surface area contributed by atoms with Gasteiger partial charge < -0.3 is 14.4 Å². The molecule has 0 atom stereocenters. The first kappa shape index (κ1) is 12.9. The van der Waals surface area contributed by atoms with Gasteiger partial charge >= 0.3 is 11.6 Å². The van der Waals surface area contributed by atoms with Crippen molar-refractivity contribution in [3.8, 4) is 5.75 Å². The highest BCUT2D eigenvalue weighted by atomic mass is 16.5. The zero-order valence-corrected chi connectivity index (χ0v) is 10.5. The van der Waals surface area contributed by atoms with Crippen LogP contribution >= 0.6 is 0 Å². The Kier molecular flexibility index (Phi) is 3.41. The third-order valence-corrected chi connectivity index (χ3v) is 2.81. The van der Waals surface area contributed by atoms with Gasteiger partial charge in [0.25, 0.3) is 0 Å². The number of carbonyl (C=O) groups is 1. The first-order valence-electron chi connectivity index (χ1n) is 5.60. The van der Waals surface area contributed by atoms with Crippen LogP contribution < -0.4 is 10.4 Å². The number of methoxy groups -OCH3 is 1. The lowest BCUT2D eigenvalue weighted by Crippen LogP contribution is -2.10. The number of aromatic nitrogens is 1. The molecule has 0 aliphatic rings. The number of hydrogen-bond donors (Lipinski definition) is 1. The van der Waals surface area contributed by atoms with Crippen LogP contribution in [0.1, 0.15) is 21.6 Å². The molecule has 0 unspecified atom stereocenters. The van der Waals surface area contributed by atoms with Crippen LogP contribution in [0.25, 0.3) is 0 Å². The van der Waals surface area contributed by atoms with Gasteiger partial charge in [-0.1, -0.05) is 18.2 Å². The molecule has 0 bridgehead atoms. The molecule has 1 aromatic heterocycles. The Morgan fingerprint density at radius 3 is 2.74 bits per heavy atom. The second-order valence-electron chi connectivity index (χ2n) is 4.01. The molecule has 0 saturated heterocycles. The summed E-state index contributed by atoms with van der Waals surface area (Å²) in [6.45, 7) is 1.54. The van der Waals surface area contributed by atoms with E-state index in [2.05, 4.69) is 0 Å². The van der Waals surface area contributed by atoms with E-state index in [1.807, 2.05) is 0 Å². The van der Waals surface area contributed by atoms with Gasteiger partial charge in [0.2, 0.25) is 0 Å². The Bertz CT molecular complexity index is 668. The smallest absolute Gasteiger partial charge is 0.361 e. The minimum absolute atomic E-state index is 0.0856. The van der Waals surface area contributed by atoms with Gasteiger partial charge in [-0.25, -0.2) is 9.59 Å². The molecule has 0 aliphatic heterocycles. The van der Waals surface area contributed by atoms with Crippen molar-refractivity contribution in [2.45, 2.75) is 13.5 Å². The maximum atomic E-state index is 11.4. The highest BCUT2D eigenvalue weighted by Crippen LogP contribution is 2.19. The van der Waals surface area contributed by atoms with Crippen LogP contribution in [-0.2, 0) is 6.54 Å². The molecule has 100 valence electrons. The summed E-state index contributed by atoms with van der Waals surface area (Å²) in [6, 6.07) is 7.13. The summed E-state index contributed by atoms with van der Waals surface area (Å²) in [4.78, 5) is 22.6. The highest BCUT2D eigenvalue weighted by molar-refractivity contribution is 5.87. The van der Waals surface area contributed by atoms with Crippen LogP contribution in [0.4, 0.5) is 0 Å². The lowest BCUT2D eigenvalue weighted by Gasteiger charge is -2.08. The van der Waals surface area contributed by atoms with Crippen LogP contribution in [0, 0.1) is 6.92 Å². The summed E-state index contributed by atoms with van der Waals surface area (Å²) < 4.78 is 11.2. The van der Waals surface area contributed by atoms with Crippen LogP contribution in [0.3, 0.4) is 0 Å². The lowest BCUT2D eigenvalue weighted by molar-refractivity contribution is 0.0669. The van der Waals surface area contributed by atoms with E-state index in [0.29, 0.717) is 5.75 Å². The fraction of sp³-hybridized carbons (Fsp3) is 0.231. The van der Waals surface area contributed by atoms with Crippen LogP contribution in [-0.4, -0.2) is 22.9 Å². The molecule has 0 radical (unpaired) electrons. The van der Waals surface area contributed by atoms with E-state index in [1.54, 1.807) is 24.3 Å². The molecule has 0 saturated carbocycles. The number of carboxylic acid groups (broad SMARTS) is 1. The Morgan fingerprint density at radius 2 is 2.11 bits per heavy atom. The van der Waals surface area contributed by atoms with E-state index >= 15 is 0 Å². The number of ether oxygens (including phenoxy) is 1. The monoisotopic (exact) mass is 263 g/mol. The van der Waals surface area contributed by atoms with Crippen molar-refractivity contribution >= 4 is 5.97 Å². The van der Waals surface area contributed by atoms with E-state index in [9.17, 15) is 9.59 Å². The second kappa shape index (κ2) is 5.01. The number of aromatic carboxylic acids is 1. The van der Waals surface area contributed by atoms with Gasteiger partial charge in [-0.15, -0.1) is 0 Å². The molecule has 0 fully saturated rings. The second-order valence-corrected chi connectivity index (χ2v) is 4.01. The van der Waals surface area contributed by atoms with Crippen LogP contribution in [0.15, 0.2) is 33.6 Å². The minimum atomic E-state index is -1.20. The Balaban J connectivity index is 2.47. The van der Waals surface area contributed by atoms with E-state index in [4.69, 9.17) is 14.4 Å². The molecule has 6 nitrogen and oxygen atoms in total. The molecule has 0 spiro atoms. The molecule has 1 N–H and O–H groups in total. The summed E-state index contributed by atoms with van der Waals surface area (Å²) in [5.74, 6) is -0.592. The van der Waals surface area contributed by atoms with Crippen molar-refractivity contribution in [1.82, 2.24) is 4.74 Å². The number of carboxylic acids is 1. The third kappa shape index (κ3) is 2.37. The molecule has 0 amide bonds. The molecule has 6 heteroatoms. The van der Waals surface area contributed by atoms with Crippen molar-refractivity contribution in [1.29, 1.82) is 0 Å². The summed E-state index contributed by atoms with van der Waals surface area (Å²) in [7, 11) is 1.52. The van der Waals surface area contributed by atoms with Crippen LogP contribution in [0.5, 0.6) is 5.75 Å². The summed E-state index contributed by atoms with van der Waals surface area (Å²) in [5.41, 5.74) is 0.0249. The number of para-hydroxylation sites is 1. The van der Waals surface area contributed by atoms with E-state index < -0.39 is 11.6 Å². The summed E-state index contributed by atoms with van der Waals surface area (Å²) >= 11 is 0. The van der Waals surface area contributed by atoms with Crippen molar-refractivity contribution < 1.29 is 19.2 Å². The van der Waals surface area contributed by atoms with E-state index in [0.717, 1.165) is 10.3 Å². The lowest BCUT2D eigenvalue weighted by atomic mass is 10.2. The first-order chi connectivity index (χ1) is 9.04. The maximum absolute atomic E-state index is 11.4. The normalized spacial score (nSPS) is 10.4. The minimum Gasteiger partial charge on any atom is -0.496 e. The third-order valence-electron chi connectivity index (χ3n) is 2.81. The maximum Gasteiger partial charge on any atom is 0.361 e. The molecule has 2 rings (SSSR count). The van der Waals surface area contributed by atoms with Gasteiger partial charge in [0.05, 0.1) is 19.2 Å². The Labute approximate surface area is 108 Å². The van der Waals surface area contributed by atoms with E-state index in [-0.39, 0.29) is 17.8 Å². The first-order valence-corrected chi connectivity index (χ1v) is 5.60. The van der Waals surface area contributed by atoms with Crippen molar-refractivity contribution in [2.75, 3.05) is 7.11 Å². The highest BCUT2D eigenvalue weighted by Gasteiger charge is 2.20. The van der Waals surface area contributed by atoms with Gasteiger partial charge in [0.1, 0.15) is 5.75 Å². The molecule has 0 aliphatic carbocycles. The largest absolute Gasteiger partial charge is 0.496 e. The fourth-order valence-electron chi connectivity index (χ4n) is 1.86. The summed E-state index contributed by atoms with van der Waals surface area (Å²) in [5, 5.41) is 9.11. The quantitative estimate of drug-likeness (QED) is 0.904. The summed E-state index contributed by atoms with van der Waals surface area (Å²) in [6.07, 6.45) is 0. The predicted octanol–water partition coefficient (Wildman–Crippen LogP) is 1.50. The van der Waals surface area contributed by atoms with E-state index in [1.165, 1.54) is 14.0 Å². The number of hydrogen-bond acceptors (Lipinski definition) is 4. The molecular formula is C13H13NO5. The van der Waals surface area contributed by atoms with Gasteiger partial charge in [-0.2, -0.15) is 4.74 Å². The SMILES string of the molecule is COc1ccccc1Cn1oc(=O)c(C)c1C(=O)O. The molecule has 1 heterocycles. The Morgan fingerprint density at radius 1 is 1.42 bits per heavy atom. The zero-order chi connectivity index (χ0) is 14.0. The number of benzene rings is 1. The van der Waals surface area contributed by atoms with Gasteiger partial charge in [-0.05, 0) is 13.0 Å².